The van der Waals surface area contributed by atoms with Gasteiger partial charge in [-0.3, -0.25) is 4.98 Å². The van der Waals surface area contributed by atoms with Crippen LogP contribution in [0.15, 0.2) is 42.7 Å². The maximum Gasteiger partial charge on any atom is 0.0393 e. The van der Waals surface area contributed by atoms with Crippen LogP contribution in [0.4, 0.5) is 5.69 Å². The molecule has 2 N–H and O–H groups in total. The van der Waals surface area contributed by atoms with Crippen molar-refractivity contribution in [2.45, 2.75) is 19.9 Å². The molecule has 0 saturated heterocycles. The van der Waals surface area contributed by atoms with Gasteiger partial charge in [0.05, 0.1) is 0 Å². The van der Waals surface area contributed by atoms with Crippen molar-refractivity contribution in [2.24, 2.45) is 5.73 Å². The second kappa shape index (κ2) is 6.34. The maximum absolute atomic E-state index is 5.66. The Labute approximate surface area is 115 Å². The molecule has 3 heteroatoms. The molecular weight excluding hydrogens is 234 g/mol. The van der Waals surface area contributed by atoms with Gasteiger partial charge in [0, 0.05) is 38.2 Å². The minimum Gasteiger partial charge on any atom is -0.374 e. The molecule has 0 amide bonds. The normalized spacial score (nSPS) is 10.5. The number of likely N-dealkylation sites (N-methyl/N-ethyl adjacent to an activating group) is 1. The summed E-state index contributed by atoms with van der Waals surface area (Å²) in [5.74, 6) is 0. The number of benzene rings is 1. The number of hydrogen-bond donors (Lipinski definition) is 1. The maximum atomic E-state index is 5.66. The molecule has 0 aliphatic heterocycles. The molecule has 2 rings (SSSR count). The molecule has 1 heterocycles. The molecule has 19 heavy (non-hydrogen) atoms. The van der Waals surface area contributed by atoms with Crippen molar-refractivity contribution < 1.29 is 0 Å². The summed E-state index contributed by atoms with van der Waals surface area (Å²) < 4.78 is 0. The summed E-state index contributed by atoms with van der Waals surface area (Å²) in [6, 6.07) is 10.6. The van der Waals surface area contributed by atoms with Crippen LogP contribution in [0.3, 0.4) is 0 Å². The third-order valence-electron chi connectivity index (χ3n) is 3.39. The molecule has 100 valence electrons. The van der Waals surface area contributed by atoms with Gasteiger partial charge in [0.1, 0.15) is 0 Å². The first-order valence-electron chi connectivity index (χ1n) is 6.60. The molecule has 0 aliphatic rings. The molecule has 1 aromatic heterocycles. The van der Waals surface area contributed by atoms with E-state index in [1.165, 1.54) is 22.4 Å². The number of pyridine rings is 1. The van der Waals surface area contributed by atoms with Crippen molar-refractivity contribution in [1.82, 2.24) is 4.98 Å². The molecule has 0 bridgehead atoms. The second-order valence-electron chi connectivity index (χ2n) is 4.85. The van der Waals surface area contributed by atoms with E-state index in [0.29, 0.717) is 6.54 Å². The SMILES string of the molecule is Cc1cc(CN)ccc1N(C)CCc1ccncc1. The monoisotopic (exact) mass is 255 g/mol. The van der Waals surface area contributed by atoms with Crippen molar-refractivity contribution in [3.05, 3.63) is 59.4 Å². The Morgan fingerprint density at radius 3 is 2.47 bits per heavy atom. The van der Waals surface area contributed by atoms with Crippen LogP contribution in [-0.2, 0) is 13.0 Å². The highest BCUT2D eigenvalue weighted by molar-refractivity contribution is 5.54. The Morgan fingerprint density at radius 1 is 1.11 bits per heavy atom. The second-order valence-corrected chi connectivity index (χ2v) is 4.85. The fourth-order valence-electron chi connectivity index (χ4n) is 2.24. The lowest BCUT2D eigenvalue weighted by molar-refractivity contribution is 0.870. The predicted molar refractivity (Wildman–Crippen MR) is 80.3 cm³/mol. The largest absolute Gasteiger partial charge is 0.374 e. The Bertz CT molecular complexity index is 523. The number of rotatable bonds is 5. The van der Waals surface area contributed by atoms with Gasteiger partial charge in [-0.25, -0.2) is 0 Å². The highest BCUT2D eigenvalue weighted by Gasteiger charge is 2.05. The molecular formula is C16H21N3. The van der Waals surface area contributed by atoms with Gasteiger partial charge in [-0.15, -0.1) is 0 Å². The van der Waals surface area contributed by atoms with Crippen LogP contribution in [-0.4, -0.2) is 18.6 Å². The van der Waals surface area contributed by atoms with E-state index in [-0.39, 0.29) is 0 Å². The van der Waals surface area contributed by atoms with Crippen molar-refractivity contribution in [2.75, 3.05) is 18.5 Å². The molecule has 3 nitrogen and oxygen atoms in total. The van der Waals surface area contributed by atoms with Crippen LogP contribution in [0, 0.1) is 6.92 Å². The summed E-state index contributed by atoms with van der Waals surface area (Å²) >= 11 is 0. The summed E-state index contributed by atoms with van der Waals surface area (Å²) in [6.07, 6.45) is 4.71. The van der Waals surface area contributed by atoms with E-state index >= 15 is 0 Å². The van der Waals surface area contributed by atoms with Gasteiger partial charge >= 0.3 is 0 Å². The van der Waals surface area contributed by atoms with E-state index in [1.54, 1.807) is 0 Å². The molecule has 0 saturated carbocycles. The first-order valence-corrected chi connectivity index (χ1v) is 6.60. The molecule has 0 fully saturated rings. The predicted octanol–water partition coefficient (Wildman–Crippen LogP) is 2.53. The van der Waals surface area contributed by atoms with Gasteiger partial charge < -0.3 is 10.6 Å². The minimum absolute atomic E-state index is 0.599. The Hall–Kier alpha value is -1.87. The zero-order chi connectivity index (χ0) is 13.7. The molecule has 0 atom stereocenters. The van der Waals surface area contributed by atoms with Gasteiger partial charge in [0.25, 0.3) is 0 Å². The van der Waals surface area contributed by atoms with Crippen LogP contribution in [0.1, 0.15) is 16.7 Å². The standard InChI is InChI=1S/C16H21N3/c1-13-11-15(12-17)3-4-16(13)19(2)10-7-14-5-8-18-9-6-14/h3-6,8-9,11H,7,10,12,17H2,1-2H3. The van der Waals surface area contributed by atoms with Crippen LogP contribution in [0.2, 0.25) is 0 Å². The summed E-state index contributed by atoms with van der Waals surface area (Å²) in [5.41, 5.74) is 10.7. The average Bonchev–Trinajstić information content (AvgIpc) is 2.45. The van der Waals surface area contributed by atoms with Crippen LogP contribution in [0.5, 0.6) is 0 Å². The van der Waals surface area contributed by atoms with E-state index in [4.69, 9.17) is 5.73 Å². The van der Waals surface area contributed by atoms with Gasteiger partial charge in [0.15, 0.2) is 0 Å². The van der Waals surface area contributed by atoms with Gasteiger partial charge in [-0.05, 0) is 48.2 Å². The Kier molecular flexibility index (Phi) is 4.53. The minimum atomic E-state index is 0.599. The summed E-state index contributed by atoms with van der Waals surface area (Å²) in [5, 5.41) is 0. The molecule has 0 spiro atoms. The molecule has 0 unspecified atom stereocenters. The quantitative estimate of drug-likeness (QED) is 0.892. The zero-order valence-electron chi connectivity index (χ0n) is 11.6. The van der Waals surface area contributed by atoms with Crippen LogP contribution in [0.25, 0.3) is 0 Å². The highest BCUT2D eigenvalue weighted by Crippen LogP contribution is 2.20. The average molecular weight is 255 g/mol. The number of hydrogen-bond acceptors (Lipinski definition) is 3. The number of aromatic nitrogens is 1. The van der Waals surface area contributed by atoms with Gasteiger partial charge in [-0.2, -0.15) is 0 Å². The van der Waals surface area contributed by atoms with Gasteiger partial charge in [0.2, 0.25) is 0 Å². The zero-order valence-corrected chi connectivity index (χ0v) is 11.6. The molecule has 0 aliphatic carbocycles. The van der Waals surface area contributed by atoms with E-state index in [0.717, 1.165) is 13.0 Å². The molecule has 2 aromatic rings. The third-order valence-corrected chi connectivity index (χ3v) is 3.39. The van der Waals surface area contributed by atoms with E-state index in [1.807, 2.05) is 12.4 Å². The van der Waals surface area contributed by atoms with Crippen molar-refractivity contribution in [3.8, 4) is 0 Å². The van der Waals surface area contributed by atoms with Gasteiger partial charge in [-0.1, -0.05) is 12.1 Å². The number of aryl methyl sites for hydroxylation is 1. The van der Waals surface area contributed by atoms with Crippen molar-refractivity contribution in [1.29, 1.82) is 0 Å². The van der Waals surface area contributed by atoms with E-state index in [2.05, 4.69) is 54.2 Å². The first kappa shape index (κ1) is 13.6. The van der Waals surface area contributed by atoms with E-state index < -0.39 is 0 Å². The van der Waals surface area contributed by atoms with Crippen LogP contribution < -0.4 is 10.6 Å². The molecule has 1 aromatic carbocycles. The fraction of sp³-hybridized carbons (Fsp3) is 0.312. The number of anilines is 1. The third kappa shape index (κ3) is 3.55. The lowest BCUT2D eigenvalue weighted by atomic mass is 10.1. The van der Waals surface area contributed by atoms with Crippen molar-refractivity contribution >= 4 is 5.69 Å². The van der Waals surface area contributed by atoms with Crippen LogP contribution >= 0.6 is 0 Å². The summed E-state index contributed by atoms with van der Waals surface area (Å²) in [7, 11) is 2.13. The topological polar surface area (TPSA) is 42.1 Å². The fourth-order valence-corrected chi connectivity index (χ4v) is 2.24. The lowest BCUT2D eigenvalue weighted by Gasteiger charge is -2.22. The smallest absolute Gasteiger partial charge is 0.0393 e. The summed E-state index contributed by atoms with van der Waals surface area (Å²) in [6.45, 7) is 3.73. The highest BCUT2D eigenvalue weighted by atomic mass is 15.1. The molecule has 0 radical (unpaired) electrons. The summed E-state index contributed by atoms with van der Waals surface area (Å²) in [4.78, 5) is 6.33. The Morgan fingerprint density at radius 2 is 1.84 bits per heavy atom. The number of nitrogens with zero attached hydrogens (tertiary/aromatic N) is 2. The Balaban J connectivity index is 2.02. The van der Waals surface area contributed by atoms with Crippen molar-refractivity contribution in [3.63, 3.8) is 0 Å². The first-order chi connectivity index (χ1) is 9.20. The van der Waals surface area contributed by atoms with E-state index in [9.17, 15) is 0 Å². The number of nitrogens with two attached hydrogens (primary N) is 1. The lowest BCUT2D eigenvalue weighted by Crippen LogP contribution is -2.21.